The molecule has 14 nitrogen and oxygen atoms in total. The van der Waals surface area contributed by atoms with Crippen molar-refractivity contribution in [1.29, 1.82) is 0 Å². The molecule has 0 spiro atoms. The third kappa shape index (κ3) is 41.3. The van der Waals surface area contributed by atoms with E-state index < -0.39 is 86.8 Å². The second kappa shape index (κ2) is 57.6. The van der Waals surface area contributed by atoms with Crippen LogP contribution in [0, 0.1) is 0 Å². The number of hydrogen-bond donors (Lipinski definition) is 9. The summed E-state index contributed by atoms with van der Waals surface area (Å²) in [6.07, 6.45) is 53.8. The number of amides is 1. The standard InChI is InChI=1S/C72H139NO13/c1-3-5-7-9-11-13-15-17-19-21-23-25-27-28-29-30-31-32-34-36-38-40-42-44-46-48-50-52-54-56-64(77)73-60(59-83-71-69(82)67(80)70(63(58-75)85-71)86-72-68(81)66(79)65(78)62(57-74)84-72)61(76)55-53-51-49-47-45-43-41-39-37-35-33-26-24-22-20-18-16-14-12-10-8-6-4-2/h21,23,60-63,65-72,74-76,78-82H,3-20,22,24-59H2,1-2H3,(H,73,77)/b23-21-. The van der Waals surface area contributed by atoms with E-state index in [1.54, 1.807) is 0 Å². The zero-order valence-electron chi connectivity index (χ0n) is 55.6. The van der Waals surface area contributed by atoms with Crippen molar-refractivity contribution in [3.8, 4) is 0 Å². The Morgan fingerprint density at radius 3 is 1.10 bits per heavy atom. The van der Waals surface area contributed by atoms with Crippen molar-refractivity contribution in [2.75, 3.05) is 19.8 Å². The molecule has 12 atom stereocenters. The average Bonchev–Trinajstić information content (AvgIpc) is 2.53. The molecule has 0 saturated carbocycles. The highest BCUT2D eigenvalue weighted by Gasteiger charge is 2.51. The number of unbranched alkanes of at least 4 members (excludes halogenated alkanes) is 47. The van der Waals surface area contributed by atoms with Gasteiger partial charge in [-0.2, -0.15) is 0 Å². The summed E-state index contributed by atoms with van der Waals surface area (Å²) in [7, 11) is 0. The number of carbonyl (C=O) groups excluding carboxylic acids is 1. The van der Waals surface area contributed by atoms with Crippen LogP contribution in [0.2, 0.25) is 0 Å². The van der Waals surface area contributed by atoms with Crippen molar-refractivity contribution in [1.82, 2.24) is 5.32 Å². The van der Waals surface area contributed by atoms with E-state index in [-0.39, 0.29) is 12.5 Å². The number of allylic oxidation sites excluding steroid dienone is 2. The molecule has 510 valence electrons. The molecule has 2 aliphatic rings. The van der Waals surface area contributed by atoms with E-state index >= 15 is 0 Å². The van der Waals surface area contributed by atoms with Gasteiger partial charge in [-0.15, -0.1) is 0 Å². The summed E-state index contributed by atoms with van der Waals surface area (Å²) >= 11 is 0. The van der Waals surface area contributed by atoms with Crippen molar-refractivity contribution < 1.29 is 64.6 Å². The molecule has 0 aromatic rings. The molecule has 86 heavy (non-hydrogen) atoms. The molecule has 0 radical (unpaired) electrons. The van der Waals surface area contributed by atoms with Gasteiger partial charge in [0.25, 0.3) is 0 Å². The van der Waals surface area contributed by atoms with Crippen molar-refractivity contribution in [2.45, 2.75) is 421 Å². The van der Waals surface area contributed by atoms with E-state index in [0.29, 0.717) is 12.8 Å². The fourth-order valence-corrected chi connectivity index (χ4v) is 12.6. The van der Waals surface area contributed by atoms with Crippen LogP contribution in [-0.2, 0) is 23.7 Å². The maximum Gasteiger partial charge on any atom is 0.220 e. The van der Waals surface area contributed by atoms with Crippen LogP contribution in [0.1, 0.15) is 348 Å². The third-order valence-corrected chi connectivity index (χ3v) is 18.5. The van der Waals surface area contributed by atoms with Gasteiger partial charge in [0, 0.05) is 6.42 Å². The van der Waals surface area contributed by atoms with Crippen LogP contribution in [0.15, 0.2) is 12.2 Å². The molecule has 2 rings (SSSR count). The second-order valence-electron chi connectivity index (χ2n) is 26.4. The zero-order valence-corrected chi connectivity index (χ0v) is 55.6. The van der Waals surface area contributed by atoms with E-state index in [2.05, 4.69) is 31.3 Å². The van der Waals surface area contributed by atoms with Crippen LogP contribution < -0.4 is 5.32 Å². The largest absolute Gasteiger partial charge is 0.394 e. The summed E-state index contributed by atoms with van der Waals surface area (Å²) in [5.41, 5.74) is 0. The van der Waals surface area contributed by atoms with Crippen LogP contribution in [0.5, 0.6) is 0 Å². The van der Waals surface area contributed by atoms with Gasteiger partial charge in [-0.25, -0.2) is 0 Å². The lowest BCUT2D eigenvalue weighted by Gasteiger charge is -2.46. The summed E-state index contributed by atoms with van der Waals surface area (Å²) in [6, 6.07) is -0.826. The van der Waals surface area contributed by atoms with E-state index in [1.807, 2.05) is 0 Å². The van der Waals surface area contributed by atoms with Gasteiger partial charge in [0.1, 0.15) is 48.8 Å². The predicted molar refractivity (Wildman–Crippen MR) is 351 cm³/mol. The molecular weight excluding hydrogens is 1090 g/mol. The fraction of sp³-hybridized carbons (Fsp3) is 0.958. The van der Waals surface area contributed by atoms with Crippen LogP contribution in [0.4, 0.5) is 0 Å². The Balaban J connectivity index is 1.64. The first-order chi connectivity index (χ1) is 42.1. The molecule has 2 aliphatic heterocycles. The van der Waals surface area contributed by atoms with Gasteiger partial charge in [0.2, 0.25) is 5.91 Å². The van der Waals surface area contributed by atoms with Gasteiger partial charge in [-0.05, 0) is 38.5 Å². The molecule has 0 aromatic heterocycles. The van der Waals surface area contributed by atoms with Gasteiger partial charge < -0.3 is 65.1 Å². The number of nitrogens with one attached hydrogen (secondary N) is 1. The summed E-state index contributed by atoms with van der Waals surface area (Å²) in [6.45, 7) is 2.93. The highest BCUT2D eigenvalue weighted by Crippen LogP contribution is 2.30. The molecule has 0 aliphatic carbocycles. The third-order valence-electron chi connectivity index (χ3n) is 18.5. The minimum Gasteiger partial charge on any atom is -0.394 e. The van der Waals surface area contributed by atoms with Crippen molar-refractivity contribution in [2.24, 2.45) is 0 Å². The van der Waals surface area contributed by atoms with Crippen LogP contribution in [-0.4, -0.2) is 140 Å². The number of carbonyl (C=O) groups is 1. The molecule has 9 N–H and O–H groups in total. The molecule has 2 fully saturated rings. The highest BCUT2D eigenvalue weighted by molar-refractivity contribution is 5.76. The quantitative estimate of drug-likeness (QED) is 0.0204. The first kappa shape index (κ1) is 80.8. The summed E-state index contributed by atoms with van der Waals surface area (Å²) in [5.74, 6) is -0.198. The Morgan fingerprint density at radius 1 is 0.407 bits per heavy atom. The first-order valence-electron chi connectivity index (χ1n) is 36.9. The topological polar surface area (TPSA) is 228 Å². The van der Waals surface area contributed by atoms with Crippen molar-refractivity contribution >= 4 is 5.91 Å². The minimum atomic E-state index is -1.78. The van der Waals surface area contributed by atoms with Gasteiger partial charge >= 0.3 is 0 Å². The molecule has 0 aromatic carbocycles. The van der Waals surface area contributed by atoms with E-state index in [1.165, 1.54) is 270 Å². The molecule has 14 heteroatoms. The Labute approximate surface area is 526 Å². The minimum absolute atomic E-state index is 0.198. The number of rotatable bonds is 62. The Bertz CT molecular complexity index is 1490. The Morgan fingerprint density at radius 2 is 0.733 bits per heavy atom. The van der Waals surface area contributed by atoms with E-state index in [0.717, 1.165) is 51.4 Å². The number of aliphatic hydroxyl groups excluding tert-OH is 8. The van der Waals surface area contributed by atoms with Crippen LogP contribution in [0.3, 0.4) is 0 Å². The summed E-state index contributed by atoms with van der Waals surface area (Å²) in [4.78, 5) is 13.4. The zero-order chi connectivity index (χ0) is 62.3. The maximum absolute atomic E-state index is 13.4. The molecule has 0 bridgehead atoms. The predicted octanol–water partition coefficient (Wildman–Crippen LogP) is 15.4. The molecule has 2 heterocycles. The molecule has 12 unspecified atom stereocenters. The Hall–Kier alpha value is -1.27. The molecular formula is C72H139NO13. The lowest BCUT2D eigenvalue weighted by Crippen LogP contribution is -2.65. The highest BCUT2D eigenvalue weighted by atomic mass is 16.7. The summed E-state index contributed by atoms with van der Waals surface area (Å²) in [5, 5.41) is 87.7. The molecule has 2 saturated heterocycles. The van der Waals surface area contributed by atoms with Gasteiger partial charge in [-0.3, -0.25) is 4.79 Å². The van der Waals surface area contributed by atoms with Gasteiger partial charge in [-0.1, -0.05) is 315 Å². The average molecular weight is 1230 g/mol. The lowest BCUT2D eigenvalue weighted by atomic mass is 9.97. The first-order valence-corrected chi connectivity index (χ1v) is 36.9. The van der Waals surface area contributed by atoms with Crippen molar-refractivity contribution in [3.63, 3.8) is 0 Å². The number of ether oxygens (including phenoxy) is 4. The maximum atomic E-state index is 13.4. The fourth-order valence-electron chi connectivity index (χ4n) is 12.6. The normalized spacial score (nSPS) is 23.4. The van der Waals surface area contributed by atoms with Gasteiger partial charge in [0.15, 0.2) is 12.6 Å². The lowest BCUT2D eigenvalue weighted by molar-refractivity contribution is -0.359. The van der Waals surface area contributed by atoms with Crippen LogP contribution >= 0.6 is 0 Å². The second-order valence-corrected chi connectivity index (χ2v) is 26.4. The monoisotopic (exact) mass is 1230 g/mol. The SMILES string of the molecule is CCCCCCCCCC/C=C\CCCCCCCCCCCCCCCCCCCC(=O)NC(COC1OC(CO)C(OC2OC(CO)C(O)C(O)C2O)C(O)C1O)C(O)CCCCCCCCCCCCCCCCCCCCCCCCC. The van der Waals surface area contributed by atoms with Crippen LogP contribution in [0.25, 0.3) is 0 Å². The number of aliphatic hydroxyl groups is 8. The van der Waals surface area contributed by atoms with Gasteiger partial charge in [0.05, 0.1) is 32.0 Å². The smallest absolute Gasteiger partial charge is 0.220 e. The van der Waals surface area contributed by atoms with Crippen molar-refractivity contribution in [3.05, 3.63) is 12.2 Å². The van der Waals surface area contributed by atoms with E-state index in [9.17, 15) is 45.6 Å². The molecule has 1 amide bonds. The Kier molecular flexibility index (Phi) is 54.1. The summed E-state index contributed by atoms with van der Waals surface area (Å²) < 4.78 is 22.9. The number of hydrogen-bond acceptors (Lipinski definition) is 13. The van der Waals surface area contributed by atoms with E-state index in [4.69, 9.17) is 18.9 Å².